The zero-order valence-electron chi connectivity index (χ0n) is 12.8. The molecule has 3 nitrogen and oxygen atoms in total. The lowest BCUT2D eigenvalue weighted by Crippen LogP contribution is -1.88. The van der Waals surface area contributed by atoms with Crippen LogP contribution in [0.5, 0.6) is 0 Å². The standard InChI is InChI=1S/C21H13N3/c1-2-9-18-14(6-1)15-11-10-13-5-3-7-16-19(13)20(15)24(18)21-17(23-16)8-4-12-22-21/h1-12,23H. The summed E-state index contributed by atoms with van der Waals surface area (Å²) in [5.41, 5.74) is 5.54. The Kier molecular flexibility index (Phi) is 2.10. The molecule has 1 N–H and O–H groups in total. The zero-order valence-corrected chi connectivity index (χ0v) is 12.8. The van der Waals surface area contributed by atoms with Crippen LogP contribution in [0.3, 0.4) is 0 Å². The normalized spacial score (nSPS) is 12.2. The second kappa shape index (κ2) is 4.15. The molecule has 6 aromatic rings. The van der Waals surface area contributed by atoms with Crippen LogP contribution in [0.25, 0.3) is 49.3 Å². The Hall–Kier alpha value is -3.33. The highest BCUT2D eigenvalue weighted by molar-refractivity contribution is 6.22. The SMILES string of the molecule is c1cc2ccc3c4ccccc4n4c5ncccc5[nH]c(c1)c2c34. The summed E-state index contributed by atoms with van der Waals surface area (Å²) >= 11 is 0. The third-order valence-electron chi connectivity index (χ3n) is 4.94. The lowest BCUT2D eigenvalue weighted by Gasteiger charge is -2.02. The topological polar surface area (TPSA) is 33.1 Å². The average Bonchev–Trinajstić information content (AvgIpc) is 2.88. The van der Waals surface area contributed by atoms with Crippen LogP contribution in [0.2, 0.25) is 0 Å². The number of hydrogen-bond donors (Lipinski definition) is 1. The summed E-state index contributed by atoms with van der Waals surface area (Å²) < 4.78 is 2.30. The maximum absolute atomic E-state index is 4.70. The van der Waals surface area contributed by atoms with Gasteiger partial charge in [0, 0.05) is 27.9 Å². The van der Waals surface area contributed by atoms with Crippen molar-refractivity contribution in [1.29, 1.82) is 0 Å². The molecule has 0 fully saturated rings. The summed E-state index contributed by atoms with van der Waals surface area (Å²) in [6.07, 6.45) is 1.86. The Bertz CT molecular complexity index is 1390. The number of benzene rings is 3. The van der Waals surface area contributed by atoms with Crippen molar-refractivity contribution < 1.29 is 0 Å². The molecule has 6 rings (SSSR count). The Balaban J connectivity index is 2.18. The fourth-order valence-corrected chi connectivity index (χ4v) is 3.97. The van der Waals surface area contributed by atoms with Crippen molar-refractivity contribution in [2.24, 2.45) is 0 Å². The zero-order chi connectivity index (χ0) is 15.7. The number of aromatic nitrogens is 3. The fourth-order valence-electron chi connectivity index (χ4n) is 3.97. The van der Waals surface area contributed by atoms with Crippen molar-refractivity contribution in [3.8, 4) is 0 Å². The summed E-state index contributed by atoms with van der Waals surface area (Å²) in [7, 11) is 0. The molecule has 3 aromatic carbocycles. The molecule has 0 radical (unpaired) electrons. The summed E-state index contributed by atoms with van der Waals surface area (Å²) in [4.78, 5) is 8.28. The fraction of sp³-hybridized carbons (Fsp3) is 0. The van der Waals surface area contributed by atoms with Crippen LogP contribution in [0.15, 0.2) is 72.9 Å². The number of pyridine rings is 1. The monoisotopic (exact) mass is 307 g/mol. The number of rotatable bonds is 0. The van der Waals surface area contributed by atoms with E-state index in [-0.39, 0.29) is 0 Å². The Morgan fingerprint density at radius 3 is 2.67 bits per heavy atom. The van der Waals surface area contributed by atoms with Gasteiger partial charge < -0.3 is 4.98 Å². The van der Waals surface area contributed by atoms with Gasteiger partial charge in [-0.05, 0) is 29.7 Å². The number of para-hydroxylation sites is 1. The number of hydrogen-bond acceptors (Lipinski definition) is 1. The smallest absolute Gasteiger partial charge is 0.161 e. The molecular weight excluding hydrogens is 294 g/mol. The molecule has 0 saturated heterocycles. The average molecular weight is 307 g/mol. The van der Waals surface area contributed by atoms with Gasteiger partial charge in [-0.25, -0.2) is 4.98 Å². The van der Waals surface area contributed by atoms with E-state index in [0.29, 0.717) is 0 Å². The molecule has 3 heterocycles. The van der Waals surface area contributed by atoms with Gasteiger partial charge in [0.05, 0.1) is 16.6 Å². The van der Waals surface area contributed by atoms with Gasteiger partial charge in [0.1, 0.15) is 0 Å². The molecule has 112 valence electrons. The molecule has 0 saturated carbocycles. The molecule has 0 aliphatic heterocycles. The van der Waals surface area contributed by atoms with Crippen LogP contribution in [0.1, 0.15) is 0 Å². The molecular formula is C21H13N3. The molecule has 0 atom stereocenters. The first kappa shape index (κ1) is 12.1. The number of nitrogens with zero attached hydrogens (tertiary/aromatic N) is 2. The predicted molar refractivity (Wildman–Crippen MR) is 99.6 cm³/mol. The first-order chi connectivity index (χ1) is 11.9. The van der Waals surface area contributed by atoms with Gasteiger partial charge >= 0.3 is 0 Å². The van der Waals surface area contributed by atoms with E-state index >= 15 is 0 Å². The Labute approximate surface area is 137 Å². The lowest BCUT2D eigenvalue weighted by molar-refractivity contribution is 1.24. The van der Waals surface area contributed by atoms with Gasteiger partial charge in [0.2, 0.25) is 0 Å². The number of H-pyrrole nitrogens is 1. The highest BCUT2D eigenvalue weighted by Crippen LogP contribution is 2.36. The molecule has 0 amide bonds. The molecule has 0 aliphatic rings. The van der Waals surface area contributed by atoms with Crippen molar-refractivity contribution in [1.82, 2.24) is 14.4 Å². The Morgan fingerprint density at radius 2 is 1.67 bits per heavy atom. The van der Waals surface area contributed by atoms with Gasteiger partial charge in [0.25, 0.3) is 0 Å². The van der Waals surface area contributed by atoms with E-state index in [4.69, 9.17) is 4.98 Å². The van der Waals surface area contributed by atoms with Crippen LogP contribution in [-0.2, 0) is 0 Å². The summed E-state index contributed by atoms with van der Waals surface area (Å²) in [5.74, 6) is 0. The van der Waals surface area contributed by atoms with Crippen LogP contribution < -0.4 is 0 Å². The molecule has 0 unspecified atom stereocenters. The van der Waals surface area contributed by atoms with Gasteiger partial charge in [-0.3, -0.25) is 4.40 Å². The first-order valence-corrected chi connectivity index (χ1v) is 8.09. The largest absolute Gasteiger partial charge is 0.352 e. The summed E-state index contributed by atoms with van der Waals surface area (Å²) in [5, 5.41) is 5.03. The van der Waals surface area contributed by atoms with E-state index in [2.05, 4.69) is 70.0 Å². The Morgan fingerprint density at radius 1 is 0.750 bits per heavy atom. The highest BCUT2D eigenvalue weighted by atomic mass is 15.0. The van der Waals surface area contributed by atoms with Crippen LogP contribution in [0.4, 0.5) is 0 Å². The van der Waals surface area contributed by atoms with E-state index in [1.54, 1.807) is 0 Å². The van der Waals surface area contributed by atoms with Crippen LogP contribution in [-0.4, -0.2) is 14.4 Å². The molecule has 3 aromatic heterocycles. The minimum atomic E-state index is 0.951. The summed E-state index contributed by atoms with van der Waals surface area (Å²) in [6, 6.07) is 23.5. The molecule has 0 spiro atoms. The number of nitrogens with one attached hydrogen (secondary N) is 1. The molecule has 3 heteroatoms. The lowest BCUT2D eigenvalue weighted by atomic mass is 10.0. The third kappa shape index (κ3) is 1.35. The molecule has 24 heavy (non-hydrogen) atoms. The van der Waals surface area contributed by atoms with Crippen molar-refractivity contribution in [3.63, 3.8) is 0 Å². The molecule has 0 aliphatic carbocycles. The van der Waals surface area contributed by atoms with Gasteiger partial charge in [-0.15, -0.1) is 0 Å². The van der Waals surface area contributed by atoms with Crippen LogP contribution >= 0.6 is 0 Å². The maximum atomic E-state index is 4.70. The second-order valence-corrected chi connectivity index (χ2v) is 6.22. The molecule has 0 bridgehead atoms. The predicted octanol–water partition coefficient (Wildman–Crippen LogP) is 5.28. The number of aromatic amines is 1. The maximum Gasteiger partial charge on any atom is 0.161 e. The van der Waals surface area contributed by atoms with E-state index in [9.17, 15) is 0 Å². The first-order valence-electron chi connectivity index (χ1n) is 8.09. The third-order valence-corrected chi connectivity index (χ3v) is 4.94. The van der Waals surface area contributed by atoms with Crippen molar-refractivity contribution in [2.75, 3.05) is 0 Å². The van der Waals surface area contributed by atoms with E-state index in [1.807, 2.05) is 12.3 Å². The van der Waals surface area contributed by atoms with E-state index < -0.39 is 0 Å². The highest BCUT2D eigenvalue weighted by Gasteiger charge is 2.15. The van der Waals surface area contributed by atoms with E-state index in [0.717, 1.165) is 16.7 Å². The van der Waals surface area contributed by atoms with Crippen LogP contribution in [0, 0.1) is 0 Å². The van der Waals surface area contributed by atoms with Crippen molar-refractivity contribution >= 4 is 49.3 Å². The quantitative estimate of drug-likeness (QED) is 0.407. The van der Waals surface area contributed by atoms with Gasteiger partial charge in [-0.1, -0.05) is 42.5 Å². The number of fused-ring (bicyclic) bond motifs is 5. The van der Waals surface area contributed by atoms with E-state index in [1.165, 1.54) is 32.6 Å². The van der Waals surface area contributed by atoms with Crippen molar-refractivity contribution in [3.05, 3.63) is 72.9 Å². The van der Waals surface area contributed by atoms with Gasteiger partial charge in [0.15, 0.2) is 5.65 Å². The minimum Gasteiger partial charge on any atom is -0.352 e. The minimum absolute atomic E-state index is 0.951. The summed E-state index contributed by atoms with van der Waals surface area (Å²) in [6.45, 7) is 0. The van der Waals surface area contributed by atoms with Gasteiger partial charge in [-0.2, -0.15) is 0 Å². The second-order valence-electron chi connectivity index (χ2n) is 6.22. The van der Waals surface area contributed by atoms with Crippen molar-refractivity contribution in [2.45, 2.75) is 0 Å².